The number of aliphatic hydroxyl groups is 1. The van der Waals surface area contributed by atoms with Crippen molar-refractivity contribution in [1.82, 2.24) is 9.55 Å². The van der Waals surface area contributed by atoms with Crippen molar-refractivity contribution < 1.29 is 60.8 Å². The maximum atomic E-state index is 12.1. The summed E-state index contributed by atoms with van der Waals surface area (Å²) in [6.45, 7) is 0.496. The van der Waals surface area contributed by atoms with E-state index in [-0.39, 0.29) is 12.0 Å². The van der Waals surface area contributed by atoms with E-state index in [1.54, 1.807) is 0 Å². The highest BCUT2D eigenvalue weighted by Crippen LogP contribution is 2.67. The summed E-state index contributed by atoms with van der Waals surface area (Å²) in [6, 6.07) is 3.52. The van der Waals surface area contributed by atoms with Crippen LogP contribution in [0.1, 0.15) is 18.2 Å². The Morgan fingerprint density at radius 3 is 2.32 bits per heavy atom. The number of nitrogens with zero attached hydrogens (tertiary/aromatic N) is 2. The SMILES string of the molecule is Cc1cn([C@H]2C[C@H](O)[C@@H](COP(=O)(O)OP(=O)(O)OP(=O)(O)Oc3ccc([N+](=O)[O-])cc3)O2)c(=O)[nH]c1=O. The van der Waals surface area contributed by atoms with E-state index in [0.717, 1.165) is 28.8 Å². The topological polar surface area (TPSA) is 276 Å². The van der Waals surface area contributed by atoms with E-state index in [2.05, 4.69) is 17.7 Å². The molecule has 1 saturated heterocycles. The van der Waals surface area contributed by atoms with Crippen LogP contribution < -0.4 is 15.8 Å². The number of hydrogen-bond acceptors (Lipinski definition) is 13. The monoisotopic (exact) mass is 603 g/mol. The van der Waals surface area contributed by atoms with Crippen LogP contribution in [0.2, 0.25) is 0 Å². The first-order valence-corrected chi connectivity index (χ1v) is 14.6. The van der Waals surface area contributed by atoms with Crippen LogP contribution in [0.5, 0.6) is 5.75 Å². The van der Waals surface area contributed by atoms with Gasteiger partial charge < -0.3 is 24.2 Å². The van der Waals surface area contributed by atoms with Crippen LogP contribution in [0.25, 0.3) is 0 Å². The van der Waals surface area contributed by atoms with Crippen molar-refractivity contribution in [3.8, 4) is 5.75 Å². The minimum atomic E-state index is -5.82. The van der Waals surface area contributed by atoms with E-state index in [1.807, 2.05) is 4.98 Å². The standard InChI is InChI=1S/C16H20N3O16P3/c1-9-7-18(16(22)17-15(9)21)14-6-12(20)13(32-14)8-31-36(25,26)34-38(29,30)35-37(27,28)33-11-4-2-10(3-5-11)19(23)24/h2-5,7,12-14,20H,6,8H2,1H3,(H,25,26)(H,27,28)(H,29,30)(H,17,21,22)/t12-,13+,14+/m0/s1. The molecule has 38 heavy (non-hydrogen) atoms. The Morgan fingerprint density at radius 2 is 1.71 bits per heavy atom. The fraction of sp³-hybridized carbons (Fsp3) is 0.375. The quantitative estimate of drug-likeness (QED) is 0.135. The Kier molecular flexibility index (Phi) is 8.92. The van der Waals surface area contributed by atoms with Gasteiger partial charge in [-0.2, -0.15) is 8.62 Å². The summed E-state index contributed by atoms with van der Waals surface area (Å²) in [7, 11) is -16.8. The zero-order chi connectivity index (χ0) is 28.5. The maximum Gasteiger partial charge on any atom is 0.536 e. The average molecular weight is 603 g/mol. The van der Waals surface area contributed by atoms with Crippen molar-refractivity contribution in [3.63, 3.8) is 0 Å². The molecule has 1 aliphatic heterocycles. The first-order chi connectivity index (χ1) is 17.5. The van der Waals surface area contributed by atoms with E-state index in [0.29, 0.717) is 0 Å². The normalized spacial score (nSPS) is 24.2. The molecule has 1 aromatic heterocycles. The first-order valence-electron chi connectivity index (χ1n) is 10.1. The second-order valence-corrected chi connectivity index (χ2v) is 12.2. The van der Waals surface area contributed by atoms with Gasteiger partial charge >= 0.3 is 29.2 Å². The summed E-state index contributed by atoms with van der Waals surface area (Å²) in [5.41, 5.74) is -1.72. The fourth-order valence-corrected chi connectivity index (χ4v) is 6.60. The number of nitrogens with one attached hydrogen (secondary N) is 1. The molecule has 0 saturated carbocycles. The summed E-state index contributed by atoms with van der Waals surface area (Å²) in [5.74, 6) is -0.497. The number of aryl methyl sites for hydroxylation is 1. The van der Waals surface area contributed by atoms with Gasteiger partial charge in [0.2, 0.25) is 0 Å². The Morgan fingerprint density at radius 1 is 1.11 bits per heavy atom. The smallest absolute Gasteiger partial charge is 0.404 e. The van der Waals surface area contributed by atoms with Crippen LogP contribution >= 0.6 is 23.5 Å². The lowest BCUT2D eigenvalue weighted by molar-refractivity contribution is -0.384. The summed E-state index contributed by atoms with van der Waals surface area (Å²) in [6.07, 6.45) is -2.84. The number of ether oxygens (including phenoxy) is 1. The summed E-state index contributed by atoms with van der Waals surface area (Å²) < 4.78 is 59.4. The number of phosphoric acid groups is 3. The maximum absolute atomic E-state index is 12.1. The van der Waals surface area contributed by atoms with Crippen LogP contribution in [0.3, 0.4) is 0 Å². The Balaban J connectivity index is 1.58. The van der Waals surface area contributed by atoms with Crippen LogP contribution in [-0.4, -0.2) is 53.1 Å². The first kappa shape index (κ1) is 30.0. The van der Waals surface area contributed by atoms with Crippen molar-refractivity contribution in [3.05, 3.63) is 67.0 Å². The molecule has 0 radical (unpaired) electrons. The van der Waals surface area contributed by atoms with Crippen LogP contribution in [0.4, 0.5) is 5.69 Å². The third kappa shape index (κ3) is 7.99. The molecule has 6 atom stereocenters. The molecule has 22 heteroatoms. The second-order valence-electron chi connectivity index (χ2n) is 7.62. The van der Waals surface area contributed by atoms with Crippen LogP contribution in [0, 0.1) is 17.0 Å². The van der Waals surface area contributed by atoms with Gasteiger partial charge in [0, 0.05) is 30.3 Å². The van der Waals surface area contributed by atoms with Crippen LogP contribution in [-0.2, 0) is 31.6 Å². The zero-order valence-corrected chi connectivity index (χ0v) is 21.6. The second kappa shape index (κ2) is 11.3. The summed E-state index contributed by atoms with van der Waals surface area (Å²) in [4.78, 5) is 64.5. The highest BCUT2D eigenvalue weighted by Gasteiger charge is 2.44. The van der Waals surface area contributed by atoms with Gasteiger partial charge in [-0.05, 0) is 19.1 Å². The average Bonchev–Trinajstić information content (AvgIpc) is 3.13. The van der Waals surface area contributed by atoms with Crippen molar-refractivity contribution in [2.75, 3.05) is 6.61 Å². The number of hydrogen-bond donors (Lipinski definition) is 5. The number of H-pyrrole nitrogens is 1. The molecule has 0 bridgehead atoms. The Hall–Kier alpha value is -2.53. The third-order valence-electron chi connectivity index (χ3n) is 4.74. The van der Waals surface area contributed by atoms with Gasteiger partial charge in [0.05, 0.1) is 17.6 Å². The van der Waals surface area contributed by atoms with E-state index in [1.165, 1.54) is 13.1 Å². The molecule has 1 aromatic carbocycles. The largest absolute Gasteiger partial charge is 0.536 e. The number of aromatic amines is 1. The predicted octanol–water partition coefficient (Wildman–Crippen LogP) is 0.832. The lowest BCUT2D eigenvalue weighted by Gasteiger charge is -2.20. The number of nitro groups is 1. The van der Waals surface area contributed by atoms with Gasteiger partial charge in [-0.25, -0.2) is 18.5 Å². The molecule has 0 spiro atoms. The van der Waals surface area contributed by atoms with Gasteiger partial charge in [0.25, 0.3) is 11.2 Å². The number of nitro benzene ring substituents is 1. The molecule has 2 aromatic rings. The molecule has 0 aliphatic carbocycles. The van der Waals surface area contributed by atoms with E-state index in [4.69, 9.17) is 4.74 Å². The lowest BCUT2D eigenvalue weighted by Crippen LogP contribution is -2.33. The minimum absolute atomic E-state index is 0.160. The third-order valence-corrected chi connectivity index (χ3v) is 8.96. The van der Waals surface area contributed by atoms with Gasteiger partial charge in [-0.3, -0.25) is 33.9 Å². The predicted molar refractivity (Wildman–Crippen MR) is 122 cm³/mol. The lowest BCUT2D eigenvalue weighted by atomic mass is 10.2. The number of non-ortho nitro benzene ring substituents is 1. The van der Waals surface area contributed by atoms with Crippen LogP contribution in [0.15, 0.2) is 40.1 Å². The van der Waals surface area contributed by atoms with Crippen molar-refractivity contribution in [2.45, 2.75) is 31.8 Å². The summed E-state index contributed by atoms with van der Waals surface area (Å²) in [5, 5.41) is 20.8. The molecule has 0 amide bonds. The molecule has 3 unspecified atom stereocenters. The van der Waals surface area contributed by atoms with Crippen molar-refractivity contribution >= 4 is 29.2 Å². The fourth-order valence-electron chi connectivity index (χ4n) is 3.08. The van der Waals surface area contributed by atoms with E-state index < -0.39 is 76.1 Å². The van der Waals surface area contributed by atoms with Crippen molar-refractivity contribution in [2.24, 2.45) is 0 Å². The number of phosphoric ester groups is 2. The molecule has 210 valence electrons. The molecule has 1 aliphatic rings. The van der Waals surface area contributed by atoms with E-state index >= 15 is 0 Å². The van der Waals surface area contributed by atoms with Gasteiger partial charge in [-0.1, -0.05) is 0 Å². The minimum Gasteiger partial charge on any atom is -0.404 e. The number of benzene rings is 1. The van der Waals surface area contributed by atoms with Gasteiger partial charge in [-0.15, -0.1) is 0 Å². The highest BCUT2D eigenvalue weighted by molar-refractivity contribution is 7.67. The molecule has 5 N–H and O–H groups in total. The Labute approximate surface area is 211 Å². The molecule has 3 rings (SSSR count). The van der Waals surface area contributed by atoms with E-state index in [9.17, 15) is 53.2 Å². The van der Waals surface area contributed by atoms with Gasteiger partial charge in [0.1, 0.15) is 18.1 Å². The Bertz CT molecular complexity index is 1460. The molecular formula is C16H20N3O16P3. The molecule has 1 fully saturated rings. The molecule has 19 nitrogen and oxygen atoms in total. The highest BCUT2D eigenvalue weighted by atomic mass is 31.3. The summed E-state index contributed by atoms with van der Waals surface area (Å²) >= 11 is 0. The number of aromatic nitrogens is 2. The molecule has 2 heterocycles. The van der Waals surface area contributed by atoms with Gasteiger partial charge in [0.15, 0.2) is 0 Å². The number of rotatable bonds is 11. The number of aliphatic hydroxyl groups excluding tert-OH is 1. The molecular weight excluding hydrogens is 583 g/mol. The van der Waals surface area contributed by atoms with Crippen molar-refractivity contribution in [1.29, 1.82) is 0 Å². The zero-order valence-electron chi connectivity index (χ0n) is 19.0.